The number of ether oxygens (including phenoxy) is 1. The Kier molecular flexibility index (Phi) is 5.30. The van der Waals surface area contributed by atoms with Crippen molar-refractivity contribution < 1.29 is 13.2 Å². The van der Waals surface area contributed by atoms with Crippen molar-refractivity contribution in [1.29, 1.82) is 0 Å². The van der Waals surface area contributed by atoms with Gasteiger partial charge in [-0.05, 0) is 42.3 Å². The number of sulfonamides is 1. The summed E-state index contributed by atoms with van der Waals surface area (Å²) in [5.74, 6) is 0.807. The number of pyridine rings is 1. The van der Waals surface area contributed by atoms with Gasteiger partial charge in [0.2, 0.25) is 10.0 Å². The van der Waals surface area contributed by atoms with Crippen molar-refractivity contribution >= 4 is 26.7 Å². The highest BCUT2D eigenvalue weighted by atomic mass is 32.2. The molecule has 1 aliphatic heterocycles. The Labute approximate surface area is 165 Å². The van der Waals surface area contributed by atoms with E-state index in [1.54, 1.807) is 12.1 Å². The number of rotatable bonds is 5. The molecule has 1 aliphatic rings. The molecule has 1 N–H and O–H groups in total. The standard InChI is InChI=1S/C21H23N3O3S/c1-16-14-21(23-20-5-3-2-4-19(16)20)22-15-17-6-8-18(9-7-17)28(25,26)24-10-12-27-13-11-24/h2-9,14H,10-13,15H2,1H3,(H,22,23). The molecule has 1 fully saturated rings. The van der Waals surface area contributed by atoms with Crippen LogP contribution in [0, 0.1) is 6.92 Å². The van der Waals surface area contributed by atoms with E-state index in [0.717, 1.165) is 22.3 Å². The van der Waals surface area contributed by atoms with Gasteiger partial charge in [0.1, 0.15) is 5.82 Å². The maximum Gasteiger partial charge on any atom is 0.243 e. The van der Waals surface area contributed by atoms with Crippen molar-refractivity contribution in [3.05, 3.63) is 65.7 Å². The van der Waals surface area contributed by atoms with Crippen LogP contribution in [0.5, 0.6) is 0 Å². The van der Waals surface area contributed by atoms with Crippen molar-refractivity contribution in [2.45, 2.75) is 18.4 Å². The molecule has 0 amide bonds. The third-order valence-corrected chi connectivity index (χ3v) is 6.84. The van der Waals surface area contributed by atoms with Crippen molar-refractivity contribution in [3.8, 4) is 0 Å². The molecule has 0 unspecified atom stereocenters. The van der Waals surface area contributed by atoms with Gasteiger partial charge in [-0.3, -0.25) is 0 Å². The molecule has 6 nitrogen and oxygen atoms in total. The van der Waals surface area contributed by atoms with Crippen LogP contribution < -0.4 is 5.32 Å². The monoisotopic (exact) mass is 397 g/mol. The quantitative estimate of drug-likeness (QED) is 0.716. The summed E-state index contributed by atoms with van der Waals surface area (Å²) in [5, 5.41) is 4.47. The third kappa shape index (κ3) is 3.87. The number of nitrogens with zero attached hydrogens (tertiary/aromatic N) is 2. The molecule has 2 heterocycles. The molecular weight excluding hydrogens is 374 g/mol. The SMILES string of the molecule is Cc1cc(NCc2ccc(S(=O)(=O)N3CCOCC3)cc2)nc2ccccc12. The molecule has 3 aromatic rings. The molecule has 7 heteroatoms. The third-order valence-electron chi connectivity index (χ3n) is 4.93. The maximum absolute atomic E-state index is 12.7. The lowest BCUT2D eigenvalue weighted by Gasteiger charge is -2.26. The molecule has 0 atom stereocenters. The van der Waals surface area contributed by atoms with Gasteiger partial charge in [0.05, 0.1) is 23.6 Å². The van der Waals surface area contributed by atoms with Crippen LogP contribution in [0.4, 0.5) is 5.82 Å². The predicted molar refractivity (Wildman–Crippen MR) is 110 cm³/mol. The summed E-state index contributed by atoms with van der Waals surface area (Å²) in [7, 11) is -3.46. The van der Waals surface area contributed by atoms with E-state index < -0.39 is 10.0 Å². The van der Waals surface area contributed by atoms with Crippen LogP contribution in [-0.4, -0.2) is 44.0 Å². The number of para-hydroxylation sites is 1. The summed E-state index contributed by atoms with van der Waals surface area (Å²) in [5.41, 5.74) is 3.12. The number of hydrogen-bond donors (Lipinski definition) is 1. The van der Waals surface area contributed by atoms with Crippen molar-refractivity contribution in [1.82, 2.24) is 9.29 Å². The molecule has 146 valence electrons. The zero-order chi connectivity index (χ0) is 19.6. The van der Waals surface area contributed by atoms with Crippen LogP contribution in [0.2, 0.25) is 0 Å². The minimum Gasteiger partial charge on any atom is -0.379 e. The predicted octanol–water partition coefficient (Wildman–Crippen LogP) is 3.18. The van der Waals surface area contributed by atoms with Gasteiger partial charge in [-0.25, -0.2) is 13.4 Å². The zero-order valence-corrected chi connectivity index (χ0v) is 16.6. The van der Waals surface area contributed by atoms with E-state index in [1.165, 1.54) is 9.87 Å². The molecule has 0 radical (unpaired) electrons. The second kappa shape index (κ2) is 7.87. The fraction of sp³-hybridized carbons (Fsp3) is 0.286. The van der Waals surface area contributed by atoms with E-state index in [4.69, 9.17) is 4.74 Å². The van der Waals surface area contributed by atoms with E-state index in [-0.39, 0.29) is 0 Å². The number of fused-ring (bicyclic) bond motifs is 1. The van der Waals surface area contributed by atoms with Crippen LogP contribution in [0.25, 0.3) is 10.9 Å². The van der Waals surface area contributed by atoms with E-state index in [0.29, 0.717) is 37.7 Å². The molecule has 0 aliphatic carbocycles. The fourth-order valence-corrected chi connectivity index (χ4v) is 4.76. The molecule has 0 saturated carbocycles. The molecular formula is C21H23N3O3S. The molecule has 28 heavy (non-hydrogen) atoms. The first kappa shape index (κ1) is 18.9. The highest BCUT2D eigenvalue weighted by Crippen LogP contribution is 2.21. The molecule has 2 aromatic carbocycles. The van der Waals surface area contributed by atoms with Gasteiger partial charge in [0.25, 0.3) is 0 Å². The molecule has 0 spiro atoms. The number of hydrogen-bond acceptors (Lipinski definition) is 5. The van der Waals surface area contributed by atoms with Gasteiger partial charge in [-0.1, -0.05) is 30.3 Å². The summed E-state index contributed by atoms with van der Waals surface area (Å²) >= 11 is 0. The second-order valence-electron chi connectivity index (χ2n) is 6.86. The minimum atomic E-state index is -3.46. The van der Waals surface area contributed by atoms with Gasteiger partial charge in [0.15, 0.2) is 0 Å². The lowest BCUT2D eigenvalue weighted by Crippen LogP contribution is -2.40. The number of anilines is 1. The van der Waals surface area contributed by atoms with Gasteiger partial charge < -0.3 is 10.1 Å². The lowest BCUT2D eigenvalue weighted by atomic mass is 10.1. The number of benzene rings is 2. The largest absolute Gasteiger partial charge is 0.379 e. The average Bonchev–Trinajstić information content (AvgIpc) is 2.73. The van der Waals surface area contributed by atoms with E-state index in [9.17, 15) is 8.42 Å². The normalized spacial score (nSPS) is 15.6. The lowest BCUT2D eigenvalue weighted by molar-refractivity contribution is 0.0730. The van der Waals surface area contributed by atoms with Crippen molar-refractivity contribution in [2.75, 3.05) is 31.6 Å². The van der Waals surface area contributed by atoms with Crippen LogP contribution in [0.1, 0.15) is 11.1 Å². The van der Waals surface area contributed by atoms with E-state index in [1.807, 2.05) is 36.4 Å². The van der Waals surface area contributed by atoms with Gasteiger partial charge in [-0.2, -0.15) is 4.31 Å². The van der Waals surface area contributed by atoms with E-state index in [2.05, 4.69) is 23.3 Å². The Balaban J connectivity index is 1.46. The van der Waals surface area contributed by atoms with Crippen LogP contribution in [0.3, 0.4) is 0 Å². The Morgan fingerprint density at radius 3 is 2.54 bits per heavy atom. The Morgan fingerprint density at radius 2 is 1.79 bits per heavy atom. The Bertz CT molecular complexity index is 1080. The molecule has 1 saturated heterocycles. The summed E-state index contributed by atoms with van der Waals surface area (Å²) < 4.78 is 32.1. The summed E-state index contributed by atoms with van der Waals surface area (Å²) in [4.78, 5) is 4.96. The minimum absolute atomic E-state index is 0.317. The number of morpholine rings is 1. The Morgan fingerprint density at radius 1 is 1.07 bits per heavy atom. The summed E-state index contributed by atoms with van der Waals surface area (Å²) in [6.45, 7) is 4.33. The van der Waals surface area contributed by atoms with Gasteiger partial charge in [-0.15, -0.1) is 0 Å². The number of aromatic nitrogens is 1. The number of nitrogens with one attached hydrogen (secondary N) is 1. The maximum atomic E-state index is 12.7. The smallest absolute Gasteiger partial charge is 0.243 e. The zero-order valence-electron chi connectivity index (χ0n) is 15.8. The van der Waals surface area contributed by atoms with Crippen LogP contribution in [0.15, 0.2) is 59.5 Å². The topological polar surface area (TPSA) is 71.5 Å². The highest BCUT2D eigenvalue weighted by Gasteiger charge is 2.26. The first-order valence-corrected chi connectivity index (χ1v) is 10.8. The summed E-state index contributed by atoms with van der Waals surface area (Å²) in [6, 6.07) is 17.1. The van der Waals surface area contributed by atoms with Crippen molar-refractivity contribution in [3.63, 3.8) is 0 Å². The highest BCUT2D eigenvalue weighted by molar-refractivity contribution is 7.89. The Hall–Kier alpha value is -2.48. The fourth-order valence-electron chi connectivity index (χ4n) is 3.35. The second-order valence-corrected chi connectivity index (χ2v) is 8.79. The average molecular weight is 398 g/mol. The van der Waals surface area contributed by atoms with Crippen molar-refractivity contribution in [2.24, 2.45) is 0 Å². The molecule has 0 bridgehead atoms. The van der Waals surface area contributed by atoms with E-state index >= 15 is 0 Å². The first-order chi connectivity index (χ1) is 13.5. The molecule has 1 aromatic heterocycles. The van der Waals surface area contributed by atoms with Crippen LogP contribution in [-0.2, 0) is 21.3 Å². The van der Waals surface area contributed by atoms with Gasteiger partial charge in [0, 0.05) is 25.0 Å². The number of aryl methyl sites for hydroxylation is 1. The van der Waals surface area contributed by atoms with Crippen LogP contribution >= 0.6 is 0 Å². The summed E-state index contributed by atoms with van der Waals surface area (Å²) in [6.07, 6.45) is 0. The van der Waals surface area contributed by atoms with Gasteiger partial charge >= 0.3 is 0 Å². The first-order valence-electron chi connectivity index (χ1n) is 9.31. The molecule has 4 rings (SSSR count).